The van der Waals surface area contributed by atoms with Gasteiger partial charge in [0, 0.05) is 0 Å². The van der Waals surface area contributed by atoms with Crippen LogP contribution < -0.4 is 21.9 Å². The first-order chi connectivity index (χ1) is 15.6. The molecule has 0 nitrogen and oxygen atoms in total. The van der Waals surface area contributed by atoms with E-state index in [4.69, 9.17) is 0 Å². The van der Waals surface area contributed by atoms with E-state index in [-0.39, 0.29) is 10.8 Å². The molecule has 0 saturated heterocycles. The van der Waals surface area contributed by atoms with Gasteiger partial charge in [0.2, 0.25) is 0 Å². The summed E-state index contributed by atoms with van der Waals surface area (Å²) in [6.07, 6.45) is -1.36. The summed E-state index contributed by atoms with van der Waals surface area (Å²) in [5, 5.41) is 0. The summed E-state index contributed by atoms with van der Waals surface area (Å²) in [6, 6.07) is 40.6. The highest BCUT2D eigenvalue weighted by Crippen LogP contribution is 2.29. The van der Waals surface area contributed by atoms with Crippen LogP contribution in [0.25, 0.3) is 0 Å². The van der Waals surface area contributed by atoms with E-state index in [0.29, 0.717) is 0 Å². The van der Waals surface area contributed by atoms with Crippen LogP contribution >= 0.6 is 0 Å². The number of hydrogen-bond donors (Lipinski definition) is 0. The topological polar surface area (TPSA) is 0 Å². The largest absolute Gasteiger partial charge is 0.195 e. The fraction of sp³-hybridized carbons (Fsp3) is 0.250. The molecule has 0 fully saturated rings. The Kier molecular flexibility index (Phi) is 6.10. The molecular weight excluding hydrogens is 395 g/mol. The first kappa shape index (κ1) is 23.1. The van der Waals surface area contributed by atoms with Crippen LogP contribution in [0.2, 0.25) is 0 Å². The van der Waals surface area contributed by atoms with Gasteiger partial charge in [-0.1, -0.05) is 151 Å². The summed E-state index contributed by atoms with van der Waals surface area (Å²) in [7, 11) is 0. The molecule has 168 valence electrons. The summed E-state index contributed by atoms with van der Waals surface area (Å²) in [6.45, 7) is 13.9. The number of benzene rings is 4. The minimum Gasteiger partial charge on any atom is -0.195 e. The highest BCUT2D eigenvalue weighted by molar-refractivity contribution is 7.19. The molecular formula is C32H36B-. The molecule has 4 aromatic rings. The smallest absolute Gasteiger partial charge is 0.108 e. The van der Waals surface area contributed by atoms with Gasteiger partial charge >= 0.3 is 0 Å². The quantitative estimate of drug-likeness (QED) is 0.366. The fourth-order valence-electron chi connectivity index (χ4n) is 5.15. The molecule has 0 radical (unpaired) electrons. The van der Waals surface area contributed by atoms with Gasteiger partial charge in [0.05, 0.1) is 0 Å². The van der Waals surface area contributed by atoms with Crippen molar-refractivity contribution in [1.82, 2.24) is 0 Å². The SMILES string of the molecule is CC(C)(C)c1cc([B-](c2ccccc2)(c2ccccc2)c2ccccc2)cc(C(C)(C)C)c1. The van der Waals surface area contributed by atoms with E-state index in [1.54, 1.807) is 0 Å². The van der Waals surface area contributed by atoms with Crippen molar-refractivity contribution < 1.29 is 0 Å². The third-order valence-corrected chi connectivity index (χ3v) is 7.09. The van der Waals surface area contributed by atoms with E-state index >= 15 is 0 Å². The van der Waals surface area contributed by atoms with Gasteiger partial charge in [0.1, 0.15) is 6.15 Å². The van der Waals surface area contributed by atoms with E-state index in [1.165, 1.54) is 33.0 Å². The van der Waals surface area contributed by atoms with Crippen LogP contribution in [0.3, 0.4) is 0 Å². The predicted molar refractivity (Wildman–Crippen MR) is 147 cm³/mol. The molecule has 0 N–H and O–H groups in total. The van der Waals surface area contributed by atoms with Crippen molar-refractivity contribution in [2.75, 3.05) is 0 Å². The standard InChI is InChI=1S/C32H36B/c1-31(2,3)25-22-26(32(4,5)6)24-30(23-25)33(27-16-10-7-11-17-27,28-18-12-8-13-19-28)29-20-14-9-15-21-29/h7-24H,1-6H3/q-1. The lowest BCUT2D eigenvalue weighted by Gasteiger charge is -2.45. The highest BCUT2D eigenvalue weighted by Gasteiger charge is 2.33. The van der Waals surface area contributed by atoms with Crippen molar-refractivity contribution in [3.8, 4) is 0 Å². The van der Waals surface area contributed by atoms with E-state index in [0.717, 1.165) is 0 Å². The molecule has 0 amide bonds. The lowest BCUT2D eigenvalue weighted by Crippen LogP contribution is -2.75. The monoisotopic (exact) mass is 431 g/mol. The van der Waals surface area contributed by atoms with E-state index < -0.39 is 6.15 Å². The Balaban J connectivity index is 2.20. The van der Waals surface area contributed by atoms with Crippen molar-refractivity contribution in [2.24, 2.45) is 0 Å². The molecule has 0 heterocycles. The van der Waals surface area contributed by atoms with Crippen molar-refractivity contribution >= 4 is 28.0 Å². The molecule has 0 bridgehead atoms. The minimum atomic E-state index is -1.36. The molecule has 4 rings (SSSR count). The van der Waals surface area contributed by atoms with Crippen molar-refractivity contribution in [3.05, 3.63) is 120 Å². The average molecular weight is 431 g/mol. The maximum Gasteiger partial charge on any atom is 0.108 e. The number of hydrogen-bond acceptors (Lipinski definition) is 0. The van der Waals surface area contributed by atoms with Gasteiger partial charge < -0.3 is 0 Å². The summed E-state index contributed by atoms with van der Waals surface area (Å²) in [5.41, 5.74) is 8.32. The zero-order valence-electron chi connectivity index (χ0n) is 21.0. The van der Waals surface area contributed by atoms with Gasteiger partial charge in [-0.3, -0.25) is 0 Å². The summed E-state index contributed by atoms with van der Waals surface area (Å²) >= 11 is 0. The van der Waals surface area contributed by atoms with Gasteiger partial charge in [0.25, 0.3) is 0 Å². The van der Waals surface area contributed by atoms with E-state index in [1.807, 2.05) is 0 Å². The second-order valence-corrected chi connectivity index (χ2v) is 11.4. The van der Waals surface area contributed by atoms with Gasteiger partial charge in [0.15, 0.2) is 0 Å². The maximum atomic E-state index is 2.47. The minimum absolute atomic E-state index is 0.0574. The summed E-state index contributed by atoms with van der Waals surface area (Å²) < 4.78 is 0. The summed E-state index contributed by atoms with van der Waals surface area (Å²) in [4.78, 5) is 0. The second-order valence-electron chi connectivity index (χ2n) is 11.4. The zero-order valence-corrected chi connectivity index (χ0v) is 21.0. The molecule has 0 aliphatic heterocycles. The molecule has 0 atom stereocenters. The van der Waals surface area contributed by atoms with Gasteiger partial charge in [-0.05, 0) is 22.0 Å². The molecule has 0 saturated carbocycles. The van der Waals surface area contributed by atoms with Crippen LogP contribution in [-0.2, 0) is 10.8 Å². The van der Waals surface area contributed by atoms with Gasteiger partial charge in [-0.25, -0.2) is 0 Å². The molecule has 0 aliphatic carbocycles. The molecule has 0 aliphatic rings. The molecule has 0 unspecified atom stereocenters. The lowest BCUT2D eigenvalue weighted by molar-refractivity contribution is 0.569. The molecule has 1 heteroatoms. The van der Waals surface area contributed by atoms with Crippen LogP contribution in [0, 0.1) is 0 Å². The Hall–Kier alpha value is -3.06. The average Bonchev–Trinajstić information content (AvgIpc) is 2.80. The first-order valence-corrected chi connectivity index (χ1v) is 12.1. The van der Waals surface area contributed by atoms with Crippen LogP contribution in [0.4, 0.5) is 0 Å². The van der Waals surface area contributed by atoms with Crippen molar-refractivity contribution in [1.29, 1.82) is 0 Å². The maximum absolute atomic E-state index is 2.47. The van der Waals surface area contributed by atoms with Crippen LogP contribution in [0.1, 0.15) is 52.7 Å². The second kappa shape index (κ2) is 8.71. The van der Waals surface area contributed by atoms with Crippen molar-refractivity contribution in [2.45, 2.75) is 52.4 Å². The van der Waals surface area contributed by atoms with Gasteiger partial charge in [-0.15, -0.1) is 0 Å². The Bertz CT molecular complexity index is 1070. The van der Waals surface area contributed by atoms with Crippen LogP contribution in [0.5, 0.6) is 0 Å². The van der Waals surface area contributed by atoms with E-state index in [9.17, 15) is 0 Å². The molecule has 33 heavy (non-hydrogen) atoms. The zero-order chi connectivity index (χ0) is 23.7. The van der Waals surface area contributed by atoms with Crippen LogP contribution in [-0.4, -0.2) is 6.15 Å². The predicted octanol–water partition coefficient (Wildman–Crippen LogP) is 5.66. The fourth-order valence-corrected chi connectivity index (χ4v) is 5.15. The van der Waals surface area contributed by atoms with Crippen molar-refractivity contribution in [3.63, 3.8) is 0 Å². The Morgan fingerprint density at radius 1 is 0.394 bits per heavy atom. The Labute approximate surface area is 200 Å². The lowest BCUT2D eigenvalue weighted by atomic mass is 9.13. The normalized spacial score (nSPS) is 12.5. The van der Waals surface area contributed by atoms with Gasteiger partial charge in [-0.2, -0.15) is 21.9 Å². The molecule has 0 aromatic heterocycles. The number of rotatable bonds is 4. The molecule has 0 spiro atoms. The molecule has 4 aromatic carbocycles. The Morgan fingerprint density at radius 2 is 0.697 bits per heavy atom. The third-order valence-electron chi connectivity index (χ3n) is 7.09. The highest BCUT2D eigenvalue weighted by atomic mass is 14.3. The van der Waals surface area contributed by atoms with E-state index in [2.05, 4.69) is 151 Å². The Morgan fingerprint density at radius 3 is 0.970 bits per heavy atom. The van der Waals surface area contributed by atoms with Crippen LogP contribution in [0.15, 0.2) is 109 Å². The third kappa shape index (κ3) is 4.42. The first-order valence-electron chi connectivity index (χ1n) is 12.1. The summed E-state index contributed by atoms with van der Waals surface area (Å²) in [5.74, 6) is 0.